The lowest BCUT2D eigenvalue weighted by Gasteiger charge is -2.13. The number of aromatic nitrogens is 2. The van der Waals surface area contributed by atoms with Gasteiger partial charge in [0, 0.05) is 16.3 Å². The van der Waals surface area contributed by atoms with E-state index in [9.17, 15) is 14.0 Å². The topological polar surface area (TPSA) is 64.0 Å². The third-order valence-electron chi connectivity index (χ3n) is 4.07. The zero-order valence-corrected chi connectivity index (χ0v) is 17.2. The van der Waals surface area contributed by atoms with E-state index in [1.54, 1.807) is 47.8 Å². The monoisotopic (exact) mass is 445 g/mol. The van der Waals surface area contributed by atoms with Crippen LogP contribution in [0.1, 0.15) is 15.9 Å². The van der Waals surface area contributed by atoms with Crippen molar-refractivity contribution in [3.05, 3.63) is 92.3 Å². The molecular weight excluding hydrogens is 433 g/mol. The van der Waals surface area contributed by atoms with Gasteiger partial charge >= 0.3 is 0 Å². The molecule has 5 nitrogen and oxygen atoms in total. The maximum Gasteiger partial charge on any atom is 0.291 e. The average Bonchev–Trinajstić information content (AvgIpc) is 3.19. The zero-order chi connectivity index (χ0) is 20.4. The molecule has 2 aromatic carbocycles. The summed E-state index contributed by atoms with van der Waals surface area (Å²) in [4.78, 5) is 30.0. The number of thiophene rings is 1. The second-order valence-electron chi connectivity index (χ2n) is 6.00. The van der Waals surface area contributed by atoms with Crippen molar-refractivity contribution in [3.8, 4) is 0 Å². The van der Waals surface area contributed by atoms with Gasteiger partial charge in [0.2, 0.25) is 0 Å². The molecule has 0 aliphatic carbocycles. The number of hydrogen-bond donors (Lipinski definition) is 1. The Hall–Kier alpha value is -2.68. The minimum Gasteiger partial charge on any atom is -0.267 e. The van der Waals surface area contributed by atoms with Crippen molar-refractivity contribution in [1.29, 1.82) is 0 Å². The van der Waals surface area contributed by atoms with Crippen LogP contribution >= 0.6 is 34.7 Å². The van der Waals surface area contributed by atoms with Crippen LogP contribution in [0.4, 0.5) is 4.39 Å². The van der Waals surface area contributed by atoms with Crippen molar-refractivity contribution in [3.63, 3.8) is 0 Å². The van der Waals surface area contributed by atoms with Gasteiger partial charge in [-0.2, -0.15) is 4.68 Å². The van der Waals surface area contributed by atoms with E-state index in [1.165, 1.54) is 35.2 Å². The molecule has 0 saturated heterocycles. The first-order chi connectivity index (χ1) is 14.0. The molecular formula is C20H13ClFN3O2S2. The Morgan fingerprint density at radius 2 is 2.00 bits per heavy atom. The second kappa shape index (κ2) is 8.36. The number of benzene rings is 2. The van der Waals surface area contributed by atoms with Gasteiger partial charge < -0.3 is 0 Å². The number of amides is 1. The molecule has 1 amide bonds. The van der Waals surface area contributed by atoms with E-state index in [0.717, 1.165) is 4.68 Å². The fraction of sp³-hybridized carbons (Fsp3) is 0.0500. The Kier molecular flexibility index (Phi) is 5.66. The number of rotatable bonds is 5. The van der Waals surface area contributed by atoms with Gasteiger partial charge in [0.25, 0.3) is 11.5 Å². The van der Waals surface area contributed by atoms with Crippen LogP contribution in [0.15, 0.2) is 69.9 Å². The molecule has 29 heavy (non-hydrogen) atoms. The molecule has 146 valence electrons. The lowest BCUT2D eigenvalue weighted by atomic mass is 10.2. The van der Waals surface area contributed by atoms with Crippen LogP contribution in [0.25, 0.3) is 10.2 Å². The number of fused-ring (bicyclic) bond motifs is 1. The highest BCUT2D eigenvalue weighted by atomic mass is 35.5. The van der Waals surface area contributed by atoms with Crippen molar-refractivity contribution in [1.82, 2.24) is 9.66 Å². The van der Waals surface area contributed by atoms with Crippen LogP contribution in [0, 0.1) is 5.82 Å². The fourth-order valence-corrected chi connectivity index (χ4v) is 4.65. The van der Waals surface area contributed by atoms with Crippen LogP contribution in [0.3, 0.4) is 0 Å². The van der Waals surface area contributed by atoms with E-state index in [1.807, 2.05) is 0 Å². The van der Waals surface area contributed by atoms with Crippen molar-refractivity contribution in [2.75, 3.05) is 5.43 Å². The summed E-state index contributed by atoms with van der Waals surface area (Å²) in [5.74, 6) is -0.497. The quantitative estimate of drug-likeness (QED) is 0.349. The molecule has 1 N–H and O–H groups in total. The van der Waals surface area contributed by atoms with Gasteiger partial charge in [-0.15, -0.1) is 11.3 Å². The van der Waals surface area contributed by atoms with Crippen molar-refractivity contribution < 1.29 is 9.18 Å². The molecule has 4 aromatic rings. The Morgan fingerprint density at radius 3 is 2.76 bits per heavy atom. The van der Waals surface area contributed by atoms with E-state index in [4.69, 9.17) is 11.6 Å². The SMILES string of the molecule is O=C(Nn1c(SCc2ccc(F)cc2Cl)nc2ccsc2c1=O)c1ccccc1. The van der Waals surface area contributed by atoms with E-state index < -0.39 is 11.7 Å². The van der Waals surface area contributed by atoms with Gasteiger partial charge in [0.15, 0.2) is 5.16 Å². The number of thioether (sulfide) groups is 1. The lowest BCUT2D eigenvalue weighted by molar-refractivity contribution is 0.100. The second-order valence-corrected chi connectivity index (χ2v) is 8.27. The maximum atomic E-state index is 13.3. The highest BCUT2D eigenvalue weighted by Crippen LogP contribution is 2.27. The molecule has 0 aliphatic rings. The number of nitrogens with one attached hydrogen (secondary N) is 1. The Morgan fingerprint density at radius 1 is 1.21 bits per heavy atom. The summed E-state index contributed by atoms with van der Waals surface area (Å²) in [7, 11) is 0. The Labute approximate surface area is 178 Å². The predicted octanol–water partition coefficient (Wildman–Crippen LogP) is 4.93. The first kappa shape index (κ1) is 19.6. The largest absolute Gasteiger partial charge is 0.291 e. The molecule has 9 heteroatoms. The summed E-state index contributed by atoms with van der Waals surface area (Å²) in [6, 6.07) is 14.5. The van der Waals surface area contributed by atoms with Crippen LogP contribution in [-0.2, 0) is 5.75 Å². The predicted molar refractivity (Wildman–Crippen MR) is 115 cm³/mol. The molecule has 2 aromatic heterocycles. The molecule has 0 unspecified atom stereocenters. The van der Waals surface area contributed by atoms with Crippen molar-refractivity contribution in [2.24, 2.45) is 0 Å². The van der Waals surface area contributed by atoms with Gasteiger partial charge in [-0.25, -0.2) is 9.37 Å². The maximum absolute atomic E-state index is 13.3. The van der Waals surface area contributed by atoms with E-state index >= 15 is 0 Å². The minimum absolute atomic E-state index is 0.288. The molecule has 0 aliphatic heterocycles. The van der Waals surface area contributed by atoms with Gasteiger partial charge in [0.1, 0.15) is 10.5 Å². The van der Waals surface area contributed by atoms with Crippen molar-refractivity contribution >= 4 is 50.8 Å². The first-order valence-electron chi connectivity index (χ1n) is 8.46. The van der Waals surface area contributed by atoms with Gasteiger partial charge in [0.05, 0.1) is 5.52 Å². The number of carbonyl (C=O) groups is 1. The van der Waals surface area contributed by atoms with E-state index in [0.29, 0.717) is 32.3 Å². The summed E-state index contributed by atoms with van der Waals surface area (Å²) < 4.78 is 14.9. The molecule has 2 heterocycles. The molecule has 0 bridgehead atoms. The first-order valence-corrected chi connectivity index (χ1v) is 10.7. The molecule has 0 spiro atoms. The number of nitrogens with zero attached hydrogens (tertiary/aromatic N) is 2. The Bertz CT molecular complexity index is 1260. The number of carbonyl (C=O) groups excluding carboxylic acids is 1. The Balaban J connectivity index is 1.69. The van der Waals surface area contributed by atoms with E-state index in [2.05, 4.69) is 10.4 Å². The number of halogens is 2. The lowest BCUT2D eigenvalue weighted by Crippen LogP contribution is -2.34. The molecule has 0 saturated carbocycles. The normalized spacial score (nSPS) is 11.0. The van der Waals surface area contributed by atoms with Crippen LogP contribution in [0.2, 0.25) is 5.02 Å². The standard InChI is InChI=1S/C20H13ClFN3O2S2/c21-15-10-14(22)7-6-13(15)11-29-20-23-16-8-9-28-17(16)19(27)25(20)24-18(26)12-4-2-1-3-5-12/h1-10H,11H2,(H,24,26). The summed E-state index contributed by atoms with van der Waals surface area (Å²) >= 11 is 8.58. The molecule has 0 atom stereocenters. The smallest absolute Gasteiger partial charge is 0.267 e. The zero-order valence-electron chi connectivity index (χ0n) is 14.8. The van der Waals surface area contributed by atoms with Gasteiger partial charge in [-0.3, -0.25) is 15.0 Å². The summed E-state index contributed by atoms with van der Waals surface area (Å²) in [6.45, 7) is 0. The summed E-state index contributed by atoms with van der Waals surface area (Å²) in [5, 5.41) is 2.37. The molecule has 4 rings (SSSR count). The third-order valence-corrected chi connectivity index (χ3v) is 6.30. The van der Waals surface area contributed by atoms with Crippen LogP contribution in [-0.4, -0.2) is 15.6 Å². The summed E-state index contributed by atoms with van der Waals surface area (Å²) in [6.07, 6.45) is 0. The highest BCUT2D eigenvalue weighted by Gasteiger charge is 2.16. The van der Waals surface area contributed by atoms with Crippen LogP contribution < -0.4 is 11.0 Å². The van der Waals surface area contributed by atoms with Gasteiger partial charge in [-0.05, 0) is 41.3 Å². The van der Waals surface area contributed by atoms with Crippen molar-refractivity contribution in [2.45, 2.75) is 10.9 Å². The average molecular weight is 446 g/mol. The van der Waals surface area contributed by atoms with Crippen LogP contribution in [0.5, 0.6) is 0 Å². The molecule has 0 radical (unpaired) electrons. The molecule has 0 fully saturated rings. The minimum atomic E-state index is -0.424. The third kappa shape index (κ3) is 4.19. The summed E-state index contributed by atoms with van der Waals surface area (Å²) in [5.41, 5.74) is 3.94. The van der Waals surface area contributed by atoms with Gasteiger partial charge in [-0.1, -0.05) is 47.6 Å². The highest BCUT2D eigenvalue weighted by molar-refractivity contribution is 7.98. The number of hydrogen-bond acceptors (Lipinski definition) is 5. The van der Waals surface area contributed by atoms with E-state index in [-0.39, 0.29) is 10.6 Å². The fourth-order valence-electron chi connectivity index (χ4n) is 2.62.